The van der Waals surface area contributed by atoms with E-state index in [0.717, 1.165) is 18.6 Å². The van der Waals surface area contributed by atoms with Gasteiger partial charge in [-0.3, -0.25) is 4.90 Å². The third-order valence-corrected chi connectivity index (χ3v) is 5.57. The zero-order chi connectivity index (χ0) is 12.4. The van der Waals surface area contributed by atoms with E-state index in [9.17, 15) is 0 Å². The molecule has 0 radical (unpaired) electrons. The van der Waals surface area contributed by atoms with E-state index in [1.54, 1.807) is 10.4 Å². The van der Waals surface area contributed by atoms with Crippen molar-refractivity contribution < 1.29 is 0 Å². The van der Waals surface area contributed by atoms with Gasteiger partial charge in [0.05, 0.1) is 0 Å². The van der Waals surface area contributed by atoms with Crippen LogP contribution >= 0.6 is 11.3 Å². The first-order valence-corrected chi connectivity index (χ1v) is 8.27. The van der Waals surface area contributed by atoms with Gasteiger partial charge in [-0.1, -0.05) is 6.92 Å². The third-order valence-electron chi connectivity index (χ3n) is 4.54. The molecule has 0 bridgehead atoms. The summed E-state index contributed by atoms with van der Waals surface area (Å²) in [4.78, 5) is 4.37. The summed E-state index contributed by atoms with van der Waals surface area (Å²) in [7, 11) is 0. The minimum Gasteiger partial charge on any atom is -0.314 e. The standard InChI is InChI=1S/C15H24N2S/c1-2-16-13-3-5-14(6-4-13)17-9-7-15-12(11-17)8-10-18-15/h8,10,13-14,16H,2-7,9,11H2,1H3. The molecule has 0 unspecified atom stereocenters. The van der Waals surface area contributed by atoms with E-state index < -0.39 is 0 Å². The highest BCUT2D eigenvalue weighted by atomic mass is 32.1. The van der Waals surface area contributed by atoms with E-state index in [1.165, 1.54) is 45.2 Å². The first kappa shape index (κ1) is 12.6. The van der Waals surface area contributed by atoms with Crippen LogP contribution in [0, 0.1) is 0 Å². The Morgan fingerprint density at radius 1 is 1.33 bits per heavy atom. The summed E-state index contributed by atoms with van der Waals surface area (Å²) in [6.07, 6.45) is 6.78. The van der Waals surface area contributed by atoms with Gasteiger partial charge in [-0.25, -0.2) is 0 Å². The molecule has 0 aromatic carbocycles. The van der Waals surface area contributed by atoms with Crippen molar-refractivity contribution in [3.8, 4) is 0 Å². The topological polar surface area (TPSA) is 15.3 Å². The quantitative estimate of drug-likeness (QED) is 0.903. The van der Waals surface area contributed by atoms with Gasteiger partial charge in [-0.15, -0.1) is 11.3 Å². The maximum absolute atomic E-state index is 3.60. The number of fused-ring (bicyclic) bond motifs is 1. The zero-order valence-electron chi connectivity index (χ0n) is 11.3. The SMILES string of the molecule is CCNC1CCC(N2CCc3sccc3C2)CC1. The van der Waals surface area contributed by atoms with Crippen molar-refractivity contribution in [3.05, 3.63) is 21.9 Å². The molecule has 3 rings (SSSR count). The van der Waals surface area contributed by atoms with Gasteiger partial charge < -0.3 is 5.32 Å². The lowest BCUT2D eigenvalue weighted by Crippen LogP contribution is -2.44. The van der Waals surface area contributed by atoms with Gasteiger partial charge in [-0.05, 0) is 55.7 Å². The molecule has 1 aliphatic carbocycles. The highest BCUT2D eigenvalue weighted by Gasteiger charge is 2.28. The molecule has 3 heteroatoms. The molecule has 2 nitrogen and oxygen atoms in total. The molecule has 0 saturated heterocycles. The van der Waals surface area contributed by atoms with Crippen molar-refractivity contribution in [1.29, 1.82) is 0 Å². The van der Waals surface area contributed by atoms with Crippen LogP contribution in [0.1, 0.15) is 43.0 Å². The molecular weight excluding hydrogens is 240 g/mol. The van der Waals surface area contributed by atoms with Crippen LogP contribution < -0.4 is 5.32 Å². The molecule has 0 amide bonds. The van der Waals surface area contributed by atoms with Gasteiger partial charge in [0.1, 0.15) is 0 Å². The second-order valence-corrected chi connectivity index (χ2v) is 6.65. The number of rotatable bonds is 3. The second kappa shape index (κ2) is 5.72. The molecule has 1 aromatic rings. The van der Waals surface area contributed by atoms with E-state index in [1.807, 2.05) is 11.3 Å². The lowest BCUT2D eigenvalue weighted by Gasteiger charge is -2.39. The normalized spacial score (nSPS) is 29.2. The van der Waals surface area contributed by atoms with Crippen molar-refractivity contribution in [1.82, 2.24) is 10.2 Å². The van der Waals surface area contributed by atoms with Crippen LogP contribution in [0.5, 0.6) is 0 Å². The zero-order valence-corrected chi connectivity index (χ0v) is 12.1. The summed E-state index contributed by atoms with van der Waals surface area (Å²) in [5, 5.41) is 5.86. The van der Waals surface area contributed by atoms with E-state index in [4.69, 9.17) is 0 Å². The molecule has 1 fully saturated rings. The van der Waals surface area contributed by atoms with Crippen LogP contribution in [-0.2, 0) is 13.0 Å². The van der Waals surface area contributed by atoms with Crippen molar-refractivity contribution in [2.45, 2.75) is 57.7 Å². The average molecular weight is 264 g/mol. The van der Waals surface area contributed by atoms with Crippen molar-refractivity contribution in [2.75, 3.05) is 13.1 Å². The van der Waals surface area contributed by atoms with Gasteiger partial charge >= 0.3 is 0 Å². The summed E-state index contributed by atoms with van der Waals surface area (Å²) in [6.45, 7) is 5.82. The molecule has 2 aliphatic rings. The minimum absolute atomic E-state index is 0.785. The van der Waals surface area contributed by atoms with Crippen LogP contribution in [0.3, 0.4) is 0 Å². The van der Waals surface area contributed by atoms with Crippen LogP contribution in [0.2, 0.25) is 0 Å². The Bertz CT molecular complexity index is 380. The summed E-state index contributed by atoms with van der Waals surface area (Å²) in [5.41, 5.74) is 1.60. The van der Waals surface area contributed by atoms with E-state index in [2.05, 4.69) is 28.6 Å². The van der Waals surface area contributed by atoms with E-state index in [-0.39, 0.29) is 0 Å². The monoisotopic (exact) mass is 264 g/mol. The number of thiophene rings is 1. The molecule has 1 saturated carbocycles. The Kier molecular flexibility index (Phi) is 4.02. The first-order chi connectivity index (χ1) is 8.86. The maximum atomic E-state index is 3.60. The van der Waals surface area contributed by atoms with Gasteiger partial charge in [0.2, 0.25) is 0 Å². The van der Waals surface area contributed by atoms with Crippen molar-refractivity contribution >= 4 is 11.3 Å². The fourth-order valence-electron chi connectivity index (χ4n) is 3.52. The average Bonchev–Trinajstić information content (AvgIpc) is 2.87. The summed E-state index contributed by atoms with van der Waals surface area (Å²) in [6, 6.07) is 3.96. The van der Waals surface area contributed by atoms with Crippen LogP contribution in [0.4, 0.5) is 0 Å². The number of nitrogens with zero attached hydrogens (tertiary/aromatic N) is 1. The molecule has 2 heterocycles. The Balaban J connectivity index is 1.55. The van der Waals surface area contributed by atoms with Gasteiger partial charge in [0.15, 0.2) is 0 Å². The largest absolute Gasteiger partial charge is 0.314 e. The van der Waals surface area contributed by atoms with Crippen LogP contribution in [0.25, 0.3) is 0 Å². The lowest BCUT2D eigenvalue weighted by atomic mass is 9.89. The molecule has 100 valence electrons. The Morgan fingerprint density at radius 3 is 2.94 bits per heavy atom. The summed E-state index contributed by atoms with van der Waals surface area (Å²) in [5.74, 6) is 0. The Hall–Kier alpha value is -0.380. The second-order valence-electron chi connectivity index (χ2n) is 5.65. The van der Waals surface area contributed by atoms with Gasteiger partial charge in [-0.2, -0.15) is 0 Å². The lowest BCUT2D eigenvalue weighted by molar-refractivity contribution is 0.131. The highest BCUT2D eigenvalue weighted by molar-refractivity contribution is 7.10. The smallest absolute Gasteiger partial charge is 0.0247 e. The summed E-state index contributed by atoms with van der Waals surface area (Å²) < 4.78 is 0. The molecule has 1 N–H and O–H groups in total. The van der Waals surface area contributed by atoms with Crippen LogP contribution in [0.15, 0.2) is 11.4 Å². The Labute approximate surface area is 114 Å². The number of nitrogens with one attached hydrogen (secondary N) is 1. The number of hydrogen-bond acceptors (Lipinski definition) is 3. The van der Waals surface area contributed by atoms with Gasteiger partial charge in [0, 0.05) is 30.1 Å². The molecule has 1 aromatic heterocycles. The Morgan fingerprint density at radius 2 is 2.17 bits per heavy atom. The fraction of sp³-hybridized carbons (Fsp3) is 0.733. The maximum Gasteiger partial charge on any atom is 0.0247 e. The van der Waals surface area contributed by atoms with Crippen molar-refractivity contribution in [3.63, 3.8) is 0 Å². The summed E-state index contributed by atoms with van der Waals surface area (Å²) >= 11 is 1.94. The van der Waals surface area contributed by atoms with Crippen molar-refractivity contribution in [2.24, 2.45) is 0 Å². The molecule has 0 spiro atoms. The van der Waals surface area contributed by atoms with Gasteiger partial charge in [0.25, 0.3) is 0 Å². The predicted molar refractivity (Wildman–Crippen MR) is 78.2 cm³/mol. The highest BCUT2D eigenvalue weighted by Crippen LogP contribution is 2.30. The molecule has 1 aliphatic heterocycles. The van der Waals surface area contributed by atoms with E-state index in [0.29, 0.717) is 0 Å². The third kappa shape index (κ3) is 2.63. The molecule has 18 heavy (non-hydrogen) atoms. The predicted octanol–water partition coefficient (Wildman–Crippen LogP) is 3.03. The fourth-order valence-corrected chi connectivity index (χ4v) is 4.41. The van der Waals surface area contributed by atoms with Crippen LogP contribution in [-0.4, -0.2) is 30.1 Å². The molecule has 0 atom stereocenters. The molecular formula is C15H24N2S. The number of hydrogen-bond donors (Lipinski definition) is 1. The van der Waals surface area contributed by atoms with E-state index >= 15 is 0 Å². The first-order valence-electron chi connectivity index (χ1n) is 7.39. The minimum atomic E-state index is 0.785.